The fourth-order valence-electron chi connectivity index (χ4n) is 3.50. The molecule has 0 spiro atoms. The van der Waals surface area contributed by atoms with Crippen LogP contribution in [0.3, 0.4) is 0 Å². The summed E-state index contributed by atoms with van der Waals surface area (Å²) in [5, 5.41) is 7.35. The molecule has 152 valence electrons. The number of halogens is 1. The summed E-state index contributed by atoms with van der Waals surface area (Å²) in [6, 6.07) is 14.1. The summed E-state index contributed by atoms with van der Waals surface area (Å²) >= 11 is 7.63. The lowest BCUT2D eigenvalue weighted by atomic mass is 10.1. The smallest absolute Gasteiger partial charge is 0.317 e. The Bertz CT molecular complexity index is 934. The molecule has 3 aromatic rings. The van der Waals surface area contributed by atoms with Gasteiger partial charge in [0.25, 0.3) is 0 Å². The van der Waals surface area contributed by atoms with Gasteiger partial charge in [0.15, 0.2) is 0 Å². The first-order valence-corrected chi connectivity index (χ1v) is 10.9. The summed E-state index contributed by atoms with van der Waals surface area (Å²) < 4.78 is 2.71. The highest BCUT2D eigenvalue weighted by molar-refractivity contribution is 7.16. The van der Waals surface area contributed by atoms with Gasteiger partial charge in [0.05, 0.1) is 10.9 Å². The zero-order valence-corrected chi connectivity index (χ0v) is 17.7. The fraction of sp³-hybridized carbons (Fsp3) is 0.333. The molecule has 0 aliphatic carbocycles. The highest BCUT2D eigenvalue weighted by Gasteiger charge is 2.21. The van der Waals surface area contributed by atoms with Crippen LogP contribution in [0.1, 0.15) is 16.0 Å². The Hall–Kier alpha value is -2.35. The number of carbonyl (C=O) groups excluding carboxylic acids is 1. The molecule has 0 radical (unpaired) electrons. The highest BCUT2D eigenvalue weighted by Crippen LogP contribution is 2.23. The van der Waals surface area contributed by atoms with Crippen LogP contribution >= 0.6 is 22.9 Å². The molecule has 1 N–H and O–H groups in total. The van der Waals surface area contributed by atoms with E-state index in [9.17, 15) is 4.79 Å². The number of amides is 2. The minimum Gasteiger partial charge on any atom is -0.334 e. The summed E-state index contributed by atoms with van der Waals surface area (Å²) in [6.07, 6.45) is 3.72. The van der Waals surface area contributed by atoms with Gasteiger partial charge in [-0.3, -0.25) is 9.58 Å². The predicted octanol–water partition coefficient (Wildman–Crippen LogP) is 3.67. The maximum atomic E-state index is 12.6. The van der Waals surface area contributed by atoms with E-state index in [1.165, 1.54) is 4.88 Å². The number of nitrogens with one attached hydrogen (secondary N) is 1. The summed E-state index contributed by atoms with van der Waals surface area (Å²) in [5.74, 6) is 0. The van der Waals surface area contributed by atoms with Gasteiger partial charge >= 0.3 is 6.03 Å². The Morgan fingerprint density at radius 3 is 2.52 bits per heavy atom. The molecule has 6 nitrogen and oxygen atoms in total. The molecule has 2 amide bonds. The van der Waals surface area contributed by atoms with E-state index in [0.29, 0.717) is 13.1 Å². The standard InChI is InChI=1S/C21H24ClN5OS/c22-20-7-6-19(29-20)16-25-10-12-26(13-11-25)21(28)23-14-17-4-1-2-5-18(17)15-27-9-3-8-24-27/h1-9H,10-16H2,(H,23,28). The van der Waals surface area contributed by atoms with Crippen LogP contribution in [-0.2, 0) is 19.6 Å². The van der Waals surface area contributed by atoms with E-state index in [-0.39, 0.29) is 6.03 Å². The lowest BCUT2D eigenvalue weighted by Gasteiger charge is -2.34. The second kappa shape index (κ2) is 9.43. The molecule has 4 rings (SSSR count). The molecular weight excluding hydrogens is 406 g/mol. The van der Waals surface area contributed by atoms with Crippen molar-refractivity contribution in [3.8, 4) is 0 Å². The van der Waals surface area contributed by atoms with Crippen molar-refractivity contribution in [2.75, 3.05) is 26.2 Å². The third-order valence-corrected chi connectivity index (χ3v) is 6.32. The zero-order valence-electron chi connectivity index (χ0n) is 16.1. The number of hydrogen-bond donors (Lipinski definition) is 1. The zero-order chi connectivity index (χ0) is 20.1. The number of benzene rings is 1. The highest BCUT2D eigenvalue weighted by atomic mass is 35.5. The van der Waals surface area contributed by atoms with E-state index in [4.69, 9.17) is 11.6 Å². The Morgan fingerprint density at radius 2 is 1.83 bits per heavy atom. The molecule has 0 atom stereocenters. The molecule has 8 heteroatoms. The Morgan fingerprint density at radius 1 is 1.03 bits per heavy atom. The largest absolute Gasteiger partial charge is 0.334 e. The van der Waals surface area contributed by atoms with Gasteiger partial charge in [0, 0.05) is 56.5 Å². The number of nitrogens with zero attached hydrogens (tertiary/aromatic N) is 4. The molecule has 1 fully saturated rings. The van der Waals surface area contributed by atoms with E-state index < -0.39 is 0 Å². The van der Waals surface area contributed by atoms with Gasteiger partial charge in [-0.2, -0.15) is 5.10 Å². The molecule has 0 unspecified atom stereocenters. The van der Waals surface area contributed by atoms with E-state index in [1.54, 1.807) is 17.5 Å². The second-order valence-electron chi connectivity index (χ2n) is 7.10. The average Bonchev–Trinajstić information content (AvgIpc) is 3.39. The lowest BCUT2D eigenvalue weighted by Crippen LogP contribution is -2.51. The van der Waals surface area contributed by atoms with Crippen molar-refractivity contribution in [1.82, 2.24) is 24.9 Å². The van der Waals surface area contributed by atoms with Crippen molar-refractivity contribution in [1.29, 1.82) is 0 Å². The van der Waals surface area contributed by atoms with Crippen LogP contribution < -0.4 is 5.32 Å². The third kappa shape index (κ3) is 5.38. The van der Waals surface area contributed by atoms with Crippen molar-refractivity contribution < 1.29 is 4.79 Å². The van der Waals surface area contributed by atoms with Gasteiger partial charge < -0.3 is 10.2 Å². The number of thiophene rings is 1. The monoisotopic (exact) mass is 429 g/mol. The normalized spacial score (nSPS) is 14.9. The summed E-state index contributed by atoms with van der Waals surface area (Å²) in [4.78, 5) is 18.2. The van der Waals surface area contributed by atoms with Gasteiger partial charge in [-0.05, 0) is 29.3 Å². The SMILES string of the molecule is O=C(NCc1ccccc1Cn1cccn1)N1CCN(Cc2ccc(Cl)s2)CC1. The van der Waals surface area contributed by atoms with Crippen molar-refractivity contribution in [2.24, 2.45) is 0 Å². The Balaban J connectivity index is 1.26. The first kappa shape index (κ1) is 19.9. The van der Waals surface area contributed by atoms with Crippen LogP contribution in [-0.4, -0.2) is 51.8 Å². The molecule has 0 bridgehead atoms. The molecule has 1 aliphatic heterocycles. The Kier molecular flexibility index (Phi) is 6.49. The summed E-state index contributed by atoms with van der Waals surface area (Å²) in [5.41, 5.74) is 2.28. The maximum Gasteiger partial charge on any atom is 0.317 e. The summed E-state index contributed by atoms with van der Waals surface area (Å²) in [7, 11) is 0. The van der Waals surface area contributed by atoms with Crippen LogP contribution in [0.2, 0.25) is 4.34 Å². The van der Waals surface area contributed by atoms with Crippen LogP contribution in [0.15, 0.2) is 54.9 Å². The van der Waals surface area contributed by atoms with Gasteiger partial charge in [-0.15, -0.1) is 11.3 Å². The minimum atomic E-state index is -0.00212. The second-order valence-corrected chi connectivity index (χ2v) is 8.90. The van der Waals surface area contributed by atoms with Crippen molar-refractivity contribution in [3.05, 3.63) is 75.2 Å². The molecule has 1 saturated heterocycles. The number of hydrogen-bond acceptors (Lipinski definition) is 4. The van der Waals surface area contributed by atoms with Gasteiger partial charge in [0.1, 0.15) is 0 Å². The van der Waals surface area contributed by atoms with Crippen LogP contribution in [0.4, 0.5) is 4.79 Å². The maximum absolute atomic E-state index is 12.6. The predicted molar refractivity (Wildman–Crippen MR) is 116 cm³/mol. The quantitative estimate of drug-likeness (QED) is 0.650. The van der Waals surface area contributed by atoms with Crippen LogP contribution in [0.5, 0.6) is 0 Å². The number of carbonyl (C=O) groups is 1. The van der Waals surface area contributed by atoms with Crippen LogP contribution in [0.25, 0.3) is 0 Å². The first-order chi connectivity index (χ1) is 14.2. The van der Waals surface area contributed by atoms with E-state index in [1.807, 2.05) is 40.0 Å². The van der Waals surface area contributed by atoms with Gasteiger partial charge in [-0.25, -0.2) is 4.79 Å². The molecule has 0 saturated carbocycles. The number of rotatable bonds is 6. The minimum absolute atomic E-state index is 0.00212. The van der Waals surface area contributed by atoms with E-state index in [0.717, 1.165) is 48.2 Å². The lowest BCUT2D eigenvalue weighted by molar-refractivity contribution is 0.135. The molecule has 1 aliphatic rings. The van der Waals surface area contributed by atoms with Crippen molar-refractivity contribution >= 4 is 29.0 Å². The molecular formula is C21H24ClN5OS. The first-order valence-electron chi connectivity index (χ1n) is 9.71. The van der Waals surface area contributed by atoms with Crippen LogP contribution in [0, 0.1) is 0 Å². The summed E-state index contributed by atoms with van der Waals surface area (Å²) in [6.45, 7) is 5.33. The third-order valence-electron chi connectivity index (χ3n) is 5.11. The van der Waals surface area contributed by atoms with Crippen molar-refractivity contribution in [3.63, 3.8) is 0 Å². The van der Waals surface area contributed by atoms with E-state index >= 15 is 0 Å². The van der Waals surface area contributed by atoms with Gasteiger partial charge in [0.2, 0.25) is 0 Å². The fourth-order valence-corrected chi connectivity index (χ4v) is 4.63. The average molecular weight is 430 g/mol. The molecule has 29 heavy (non-hydrogen) atoms. The number of aromatic nitrogens is 2. The number of urea groups is 1. The van der Waals surface area contributed by atoms with Gasteiger partial charge in [-0.1, -0.05) is 35.9 Å². The Labute approximate surface area is 179 Å². The molecule has 3 heterocycles. The number of piperazine rings is 1. The van der Waals surface area contributed by atoms with Crippen molar-refractivity contribution in [2.45, 2.75) is 19.6 Å². The molecule has 1 aromatic carbocycles. The topological polar surface area (TPSA) is 53.4 Å². The van der Waals surface area contributed by atoms with E-state index in [2.05, 4.69) is 33.5 Å². The molecule has 2 aromatic heterocycles.